The van der Waals surface area contributed by atoms with Gasteiger partial charge in [0.05, 0.1) is 11.4 Å². The fourth-order valence-electron chi connectivity index (χ4n) is 2.82. The fraction of sp³-hybridized carbons (Fsp3) is 0.250. The van der Waals surface area contributed by atoms with Crippen molar-refractivity contribution >= 4 is 21.4 Å². The highest BCUT2D eigenvalue weighted by Crippen LogP contribution is 2.36. The molecule has 0 fully saturated rings. The van der Waals surface area contributed by atoms with Crippen LogP contribution in [0.4, 0.5) is 11.4 Å². The molecule has 0 bridgehead atoms. The van der Waals surface area contributed by atoms with Gasteiger partial charge in [-0.25, -0.2) is 8.42 Å². The molecule has 0 saturated carbocycles. The number of benzene rings is 2. The third-order valence-electron chi connectivity index (χ3n) is 4.00. The van der Waals surface area contributed by atoms with Gasteiger partial charge in [0.2, 0.25) is 0 Å². The number of sulfonamides is 1. The maximum absolute atomic E-state index is 13.0. The molecule has 3 rings (SSSR count). The number of rotatable bonds is 2. The van der Waals surface area contributed by atoms with E-state index >= 15 is 0 Å². The molecule has 110 valence electrons. The zero-order valence-electron chi connectivity index (χ0n) is 12.1. The predicted octanol–water partition coefficient (Wildman–Crippen LogP) is 2.64. The molecule has 0 saturated heterocycles. The SMILES string of the molecule is Cc1ccc(C)c(S(=O)(=O)N2CCc3ccccc32)c1N. The number of nitrogen functional groups attached to an aromatic ring is 1. The molecular formula is C16H18N2O2S. The normalized spacial score (nSPS) is 14.3. The van der Waals surface area contributed by atoms with Crippen molar-refractivity contribution in [3.63, 3.8) is 0 Å². The average Bonchev–Trinajstić information content (AvgIpc) is 2.88. The Balaban J connectivity index is 2.18. The van der Waals surface area contributed by atoms with Crippen LogP contribution in [0.15, 0.2) is 41.3 Å². The van der Waals surface area contributed by atoms with E-state index in [4.69, 9.17) is 5.73 Å². The maximum atomic E-state index is 13.0. The monoisotopic (exact) mass is 302 g/mol. The molecule has 2 N–H and O–H groups in total. The van der Waals surface area contributed by atoms with Gasteiger partial charge in [-0.3, -0.25) is 4.31 Å². The lowest BCUT2D eigenvalue weighted by molar-refractivity contribution is 0.592. The van der Waals surface area contributed by atoms with E-state index in [9.17, 15) is 8.42 Å². The summed E-state index contributed by atoms with van der Waals surface area (Å²) in [7, 11) is -3.63. The van der Waals surface area contributed by atoms with Gasteiger partial charge in [-0.05, 0) is 43.0 Å². The highest BCUT2D eigenvalue weighted by Gasteiger charge is 2.33. The highest BCUT2D eigenvalue weighted by molar-refractivity contribution is 7.93. The van der Waals surface area contributed by atoms with Crippen LogP contribution in [0.1, 0.15) is 16.7 Å². The van der Waals surface area contributed by atoms with Crippen molar-refractivity contribution in [2.75, 3.05) is 16.6 Å². The molecule has 0 aromatic heterocycles. The van der Waals surface area contributed by atoms with Crippen LogP contribution in [-0.2, 0) is 16.4 Å². The van der Waals surface area contributed by atoms with Crippen molar-refractivity contribution in [2.45, 2.75) is 25.2 Å². The van der Waals surface area contributed by atoms with E-state index in [2.05, 4.69) is 0 Å². The van der Waals surface area contributed by atoms with Crippen molar-refractivity contribution in [1.82, 2.24) is 0 Å². The zero-order chi connectivity index (χ0) is 15.2. The summed E-state index contributed by atoms with van der Waals surface area (Å²) in [6.07, 6.45) is 0.736. The van der Waals surface area contributed by atoms with Crippen molar-refractivity contribution < 1.29 is 8.42 Å². The van der Waals surface area contributed by atoms with Gasteiger partial charge in [0.1, 0.15) is 4.90 Å². The summed E-state index contributed by atoms with van der Waals surface area (Å²) in [6.45, 7) is 4.07. The molecule has 0 atom stereocenters. The molecule has 1 heterocycles. The summed E-state index contributed by atoms with van der Waals surface area (Å²) in [6, 6.07) is 11.3. The van der Waals surface area contributed by atoms with E-state index in [0.29, 0.717) is 17.8 Å². The van der Waals surface area contributed by atoms with Gasteiger partial charge in [0.15, 0.2) is 0 Å². The number of nitrogens with two attached hydrogens (primary N) is 1. The molecule has 0 radical (unpaired) electrons. The van der Waals surface area contributed by atoms with E-state index in [0.717, 1.165) is 23.2 Å². The fourth-order valence-corrected chi connectivity index (χ4v) is 4.72. The third-order valence-corrected chi connectivity index (χ3v) is 6.02. The molecule has 1 aliphatic heterocycles. The number of fused-ring (bicyclic) bond motifs is 1. The second kappa shape index (κ2) is 4.77. The Hall–Kier alpha value is -2.01. The quantitative estimate of drug-likeness (QED) is 0.867. The molecule has 0 spiro atoms. The van der Waals surface area contributed by atoms with Crippen molar-refractivity contribution in [3.05, 3.63) is 53.1 Å². The predicted molar refractivity (Wildman–Crippen MR) is 85.0 cm³/mol. The Bertz CT molecular complexity index is 813. The molecule has 0 aliphatic carbocycles. The van der Waals surface area contributed by atoms with Gasteiger partial charge in [-0.15, -0.1) is 0 Å². The molecular weight excluding hydrogens is 284 g/mol. The molecule has 1 aliphatic rings. The van der Waals surface area contributed by atoms with Crippen LogP contribution in [0.3, 0.4) is 0 Å². The first kappa shape index (κ1) is 13.9. The van der Waals surface area contributed by atoms with Crippen molar-refractivity contribution in [3.8, 4) is 0 Å². The van der Waals surface area contributed by atoms with Gasteiger partial charge in [-0.1, -0.05) is 30.3 Å². The van der Waals surface area contributed by atoms with Crippen molar-refractivity contribution in [2.24, 2.45) is 0 Å². The van der Waals surface area contributed by atoms with Crippen LogP contribution < -0.4 is 10.0 Å². The second-order valence-electron chi connectivity index (χ2n) is 5.40. The summed E-state index contributed by atoms with van der Waals surface area (Å²) in [5, 5.41) is 0. The Morgan fingerprint density at radius 3 is 2.48 bits per heavy atom. The van der Waals surface area contributed by atoms with Crippen LogP contribution in [0.2, 0.25) is 0 Å². The number of hydrogen-bond acceptors (Lipinski definition) is 3. The topological polar surface area (TPSA) is 63.4 Å². The zero-order valence-corrected chi connectivity index (χ0v) is 12.9. The number of anilines is 2. The van der Waals surface area contributed by atoms with Gasteiger partial charge in [-0.2, -0.15) is 0 Å². The van der Waals surface area contributed by atoms with E-state index in [1.165, 1.54) is 4.31 Å². The summed E-state index contributed by atoms with van der Waals surface area (Å²) >= 11 is 0. The van der Waals surface area contributed by atoms with Gasteiger partial charge in [0.25, 0.3) is 10.0 Å². The first-order valence-electron chi connectivity index (χ1n) is 6.89. The molecule has 0 unspecified atom stereocenters. The number of aryl methyl sites for hydroxylation is 2. The lowest BCUT2D eigenvalue weighted by Gasteiger charge is -2.22. The Kier molecular flexibility index (Phi) is 3.17. The first-order valence-corrected chi connectivity index (χ1v) is 8.33. The van der Waals surface area contributed by atoms with Crippen molar-refractivity contribution in [1.29, 1.82) is 0 Å². The third kappa shape index (κ3) is 2.08. The van der Waals surface area contributed by atoms with Gasteiger partial charge < -0.3 is 5.73 Å². The Morgan fingerprint density at radius 1 is 1.05 bits per heavy atom. The average molecular weight is 302 g/mol. The number of nitrogens with zero attached hydrogens (tertiary/aromatic N) is 1. The van der Waals surface area contributed by atoms with Gasteiger partial charge in [0, 0.05) is 6.54 Å². The smallest absolute Gasteiger partial charge is 0.266 e. The summed E-state index contributed by atoms with van der Waals surface area (Å²) < 4.78 is 27.5. The van der Waals surface area contributed by atoms with Crippen LogP contribution in [0, 0.1) is 13.8 Å². The highest BCUT2D eigenvalue weighted by atomic mass is 32.2. The van der Waals surface area contributed by atoms with E-state index in [1.54, 1.807) is 13.0 Å². The lowest BCUT2D eigenvalue weighted by atomic mass is 10.1. The molecule has 4 nitrogen and oxygen atoms in total. The second-order valence-corrected chi connectivity index (χ2v) is 7.20. The number of para-hydroxylation sites is 1. The van der Waals surface area contributed by atoms with E-state index in [1.807, 2.05) is 37.3 Å². The minimum absolute atomic E-state index is 0.235. The minimum atomic E-state index is -3.63. The Morgan fingerprint density at radius 2 is 1.71 bits per heavy atom. The maximum Gasteiger partial charge on any atom is 0.266 e. The summed E-state index contributed by atoms with van der Waals surface area (Å²) in [5.74, 6) is 0. The Labute approximate surface area is 125 Å². The molecule has 2 aromatic rings. The van der Waals surface area contributed by atoms with Crippen LogP contribution in [-0.4, -0.2) is 15.0 Å². The van der Waals surface area contributed by atoms with Crippen LogP contribution >= 0.6 is 0 Å². The molecule has 2 aromatic carbocycles. The molecule has 5 heteroatoms. The van der Waals surface area contributed by atoms with E-state index < -0.39 is 10.0 Å². The molecule has 0 amide bonds. The minimum Gasteiger partial charge on any atom is -0.397 e. The van der Waals surface area contributed by atoms with Gasteiger partial charge >= 0.3 is 0 Å². The summed E-state index contributed by atoms with van der Waals surface area (Å²) in [5.41, 5.74) is 9.69. The lowest BCUT2D eigenvalue weighted by Crippen LogP contribution is -2.30. The summed E-state index contributed by atoms with van der Waals surface area (Å²) in [4.78, 5) is 0.235. The van der Waals surface area contributed by atoms with E-state index in [-0.39, 0.29) is 4.90 Å². The number of hydrogen-bond donors (Lipinski definition) is 1. The molecule has 21 heavy (non-hydrogen) atoms. The van der Waals surface area contributed by atoms with Crippen LogP contribution in [0.5, 0.6) is 0 Å². The standard InChI is InChI=1S/C16H18N2O2S/c1-11-7-8-12(2)16(15(11)17)21(19,20)18-10-9-13-5-3-4-6-14(13)18/h3-8H,9-10,17H2,1-2H3. The van der Waals surface area contributed by atoms with Crippen LogP contribution in [0.25, 0.3) is 0 Å². The first-order chi connectivity index (χ1) is 9.93. The largest absolute Gasteiger partial charge is 0.397 e.